The van der Waals surface area contributed by atoms with Crippen LogP contribution in [0.25, 0.3) is 0 Å². The molecule has 0 amide bonds. The number of aromatic carboxylic acids is 1. The standard InChI is InChI=1S/C15H13NO3.C14H11Cl2NO2/c17-14(10-4-2-1-3-5-10)13-7-6-12-11(15(18)19)8-9-16(12)13;1-8-6-7-10(15)13(12(8)16)17-11-5-3-2-4-9(11)14(18)19/h1-7,11H,8-9H2,(H,18,19);2-7,17H,1H3,(H,18,19). The Kier molecular flexibility index (Phi) is 8.20. The number of carbonyl (C=O) groups is 3. The maximum atomic E-state index is 12.4. The van der Waals surface area contributed by atoms with Gasteiger partial charge in [0.05, 0.1) is 38.6 Å². The molecular formula is C29H24Cl2N2O5. The van der Waals surface area contributed by atoms with Gasteiger partial charge in [0.15, 0.2) is 0 Å². The number of aryl methyl sites for hydroxylation is 1. The summed E-state index contributed by atoms with van der Waals surface area (Å²) in [6, 6.07) is 22.6. The summed E-state index contributed by atoms with van der Waals surface area (Å²) in [7, 11) is 0. The topological polar surface area (TPSA) is 109 Å². The second-order valence-corrected chi connectivity index (χ2v) is 9.48. The predicted octanol–water partition coefficient (Wildman–Crippen LogP) is 7.03. The van der Waals surface area contributed by atoms with Crippen molar-refractivity contribution in [1.29, 1.82) is 0 Å². The molecule has 0 spiro atoms. The third-order valence-electron chi connectivity index (χ3n) is 6.28. The zero-order chi connectivity index (χ0) is 27.4. The van der Waals surface area contributed by atoms with E-state index in [-0.39, 0.29) is 11.3 Å². The summed E-state index contributed by atoms with van der Waals surface area (Å²) < 4.78 is 1.83. The molecule has 0 fully saturated rings. The Bertz CT molecular complexity index is 1510. The number of aromatic nitrogens is 1. The maximum absolute atomic E-state index is 12.4. The number of benzene rings is 3. The molecule has 3 N–H and O–H groups in total. The summed E-state index contributed by atoms with van der Waals surface area (Å²) in [6.07, 6.45) is 0.556. The Morgan fingerprint density at radius 2 is 1.58 bits per heavy atom. The highest BCUT2D eigenvalue weighted by molar-refractivity contribution is 6.39. The molecule has 194 valence electrons. The van der Waals surface area contributed by atoms with Gasteiger partial charge >= 0.3 is 11.9 Å². The van der Waals surface area contributed by atoms with E-state index in [9.17, 15) is 14.4 Å². The van der Waals surface area contributed by atoms with E-state index in [1.54, 1.807) is 54.6 Å². The van der Waals surface area contributed by atoms with Crippen molar-refractivity contribution in [1.82, 2.24) is 4.57 Å². The van der Waals surface area contributed by atoms with Crippen LogP contribution in [-0.4, -0.2) is 32.5 Å². The van der Waals surface area contributed by atoms with E-state index in [0.29, 0.717) is 45.6 Å². The lowest BCUT2D eigenvalue weighted by Crippen LogP contribution is -2.09. The highest BCUT2D eigenvalue weighted by Crippen LogP contribution is 2.36. The molecule has 3 aromatic carbocycles. The lowest BCUT2D eigenvalue weighted by atomic mass is 10.1. The number of ketones is 1. The van der Waals surface area contributed by atoms with Crippen LogP contribution in [0.5, 0.6) is 0 Å². The van der Waals surface area contributed by atoms with Crippen LogP contribution in [0.1, 0.15) is 50.0 Å². The minimum Gasteiger partial charge on any atom is -0.481 e. The fourth-order valence-electron chi connectivity index (χ4n) is 4.31. The molecule has 7 nitrogen and oxygen atoms in total. The third-order valence-corrected chi connectivity index (χ3v) is 7.08. The molecule has 0 saturated carbocycles. The minimum atomic E-state index is -1.01. The van der Waals surface area contributed by atoms with Crippen LogP contribution in [0.15, 0.2) is 78.9 Å². The van der Waals surface area contributed by atoms with Crippen molar-refractivity contribution in [3.8, 4) is 0 Å². The number of carbonyl (C=O) groups excluding carboxylic acids is 1. The molecule has 1 aliphatic heterocycles. The van der Waals surface area contributed by atoms with Gasteiger partial charge in [0.2, 0.25) is 5.78 Å². The van der Waals surface area contributed by atoms with Crippen molar-refractivity contribution in [3.05, 3.63) is 117 Å². The lowest BCUT2D eigenvalue weighted by Gasteiger charge is -2.13. The fraction of sp³-hybridized carbons (Fsp3) is 0.138. The average Bonchev–Trinajstić information content (AvgIpc) is 3.52. The van der Waals surface area contributed by atoms with Gasteiger partial charge < -0.3 is 20.1 Å². The van der Waals surface area contributed by atoms with Crippen molar-refractivity contribution in [2.45, 2.75) is 25.8 Å². The maximum Gasteiger partial charge on any atom is 0.337 e. The molecule has 1 atom stereocenters. The van der Waals surface area contributed by atoms with Crippen LogP contribution < -0.4 is 5.32 Å². The van der Waals surface area contributed by atoms with E-state index in [0.717, 1.165) is 11.3 Å². The van der Waals surface area contributed by atoms with Gasteiger partial charge in [-0.15, -0.1) is 0 Å². The molecule has 5 rings (SSSR count). The molecule has 0 bridgehead atoms. The fourth-order valence-corrected chi connectivity index (χ4v) is 4.78. The number of hydrogen-bond donors (Lipinski definition) is 3. The van der Waals surface area contributed by atoms with Crippen molar-refractivity contribution < 1.29 is 24.6 Å². The van der Waals surface area contributed by atoms with E-state index >= 15 is 0 Å². The Balaban J connectivity index is 0.000000177. The Morgan fingerprint density at radius 3 is 2.26 bits per heavy atom. The summed E-state index contributed by atoms with van der Waals surface area (Å²) in [6.45, 7) is 2.44. The summed E-state index contributed by atoms with van der Waals surface area (Å²) in [5.74, 6) is -2.38. The zero-order valence-electron chi connectivity index (χ0n) is 20.3. The Hall–Kier alpha value is -4.07. The number of aliphatic carboxylic acids is 1. The van der Waals surface area contributed by atoms with Gasteiger partial charge in [-0.05, 0) is 49.2 Å². The molecule has 4 aromatic rings. The molecule has 1 aliphatic rings. The highest BCUT2D eigenvalue weighted by atomic mass is 35.5. The molecule has 1 aromatic heterocycles. The number of carboxylic acids is 2. The van der Waals surface area contributed by atoms with Crippen LogP contribution in [0.4, 0.5) is 11.4 Å². The first-order valence-electron chi connectivity index (χ1n) is 11.7. The number of nitrogens with zero attached hydrogens (tertiary/aromatic N) is 1. The zero-order valence-corrected chi connectivity index (χ0v) is 21.8. The molecule has 0 saturated heterocycles. The van der Waals surface area contributed by atoms with Crippen molar-refractivity contribution in [2.75, 3.05) is 5.32 Å². The second kappa shape index (κ2) is 11.5. The molecule has 0 radical (unpaired) electrons. The smallest absolute Gasteiger partial charge is 0.337 e. The summed E-state index contributed by atoms with van der Waals surface area (Å²) in [5, 5.41) is 22.2. The number of fused-ring (bicyclic) bond motifs is 1. The molecule has 0 aliphatic carbocycles. The Labute approximate surface area is 229 Å². The summed E-state index contributed by atoms with van der Waals surface area (Å²) >= 11 is 12.3. The molecule has 2 heterocycles. The highest BCUT2D eigenvalue weighted by Gasteiger charge is 2.31. The number of hydrogen-bond acceptors (Lipinski definition) is 4. The van der Waals surface area contributed by atoms with Crippen LogP contribution in [0.2, 0.25) is 10.0 Å². The van der Waals surface area contributed by atoms with Gasteiger partial charge in [0, 0.05) is 17.8 Å². The molecule has 38 heavy (non-hydrogen) atoms. The average molecular weight is 551 g/mol. The van der Waals surface area contributed by atoms with Gasteiger partial charge in [-0.3, -0.25) is 9.59 Å². The largest absolute Gasteiger partial charge is 0.481 e. The van der Waals surface area contributed by atoms with Gasteiger partial charge in [0.25, 0.3) is 0 Å². The van der Waals surface area contributed by atoms with E-state index in [4.69, 9.17) is 33.4 Å². The quantitative estimate of drug-likeness (QED) is 0.222. The number of nitrogens with one attached hydrogen (secondary N) is 1. The van der Waals surface area contributed by atoms with E-state index in [2.05, 4.69) is 5.32 Å². The number of halogens is 2. The van der Waals surface area contributed by atoms with E-state index in [1.165, 1.54) is 6.07 Å². The summed E-state index contributed by atoms with van der Waals surface area (Å²) in [5.41, 5.74) is 3.91. The number of rotatable bonds is 6. The van der Waals surface area contributed by atoms with E-state index < -0.39 is 17.9 Å². The van der Waals surface area contributed by atoms with E-state index in [1.807, 2.05) is 29.7 Å². The SMILES string of the molecule is Cc1ccc(Cl)c(Nc2ccccc2C(=O)O)c1Cl.O=C(c1ccccc1)c1ccc2n1CCC2C(=O)O. The molecule has 1 unspecified atom stereocenters. The van der Waals surface area contributed by atoms with Crippen molar-refractivity contribution in [2.24, 2.45) is 0 Å². The third kappa shape index (κ3) is 5.59. The molecular weight excluding hydrogens is 527 g/mol. The molecule has 9 heteroatoms. The monoisotopic (exact) mass is 550 g/mol. The van der Waals surface area contributed by atoms with Gasteiger partial charge in [0.1, 0.15) is 0 Å². The van der Waals surface area contributed by atoms with Crippen LogP contribution in [0, 0.1) is 6.92 Å². The first-order valence-corrected chi connectivity index (χ1v) is 12.5. The number of carboxylic acid groups (broad SMARTS) is 2. The number of para-hydroxylation sites is 1. The van der Waals surface area contributed by atoms with Crippen molar-refractivity contribution in [3.63, 3.8) is 0 Å². The van der Waals surface area contributed by atoms with Crippen LogP contribution >= 0.6 is 23.2 Å². The number of anilines is 2. The van der Waals surface area contributed by atoms with Gasteiger partial charge in [-0.25, -0.2) is 4.79 Å². The van der Waals surface area contributed by atoms with Crippen molar-refractivity contribution >= 4 is 52.3 Å². The summed E-state index contributed by atoms with van der Waals surface area (Å²) in [4.78, 5) is 34.6. The normalized spacial score (nSPS) is 13.7. The predicted molar refractivity (Wildman–Crippen MR) is 147 cm³/mol. The van der Waals surface area contributed by atoms with Gasteiger partial charge in [-0.1, -0.05) is 71.7 Å². The Morgan fingerprint density at radius 1 is 0.895 bits per heavy atom. The van der Waals surface area contributed by atoms with Gasteiger partial charge in [-0.2, -0.15) is 0 Å². The minimum absolute atomic E-state index is 0.0575. The van der Waals surface area contributed by atoms with Crippen LogP contribution in [0.3, 0.4) is 0 Å². The lowest BCUT2D eigenvalue weighted by molar-refractivity contribution is -0.138. The first-order chi connectivity index (χ1) is 18.2. The van der Waals surface area contributed by atoms with Crippen LogP contribution in [-0.2, 0) is 11.3 Å². The second-order valence-electron chi connectivity index (χ2n) is 8.70. The first kappa shape index (κ1) is 27.0.